The highest BCUT2D eigenvalue weighted by molar-refractivity contribution is 5.27. The summed E-state index contributed by atoms with van der Waals surface area (Å²) in [7, 11) is 0. The van der Waals surface area contributed by atoms with Crippen LogP contribution in [0.1, 0.15) is 59.4 Å². The number of allylic oxidation sites excluding steroid dienone is 1. The first-order chi connectivity index (χ1) is 10.5. The predicted octanol–water partition coefficient (Wildman–Crippen LogP) is 5.56. The molecule has 124 valence electrons. The predicted molar refractivity (Wildman–Crippen MR) is 94.6 cm³/mol. The minimum absolute atomic E-state index is 0.00739. The van der Waals surface area contributed by atoms with Crippen LogP contribution >= 0.6 is 0 Å². The molecule has 0 aliphatic carbocycles. The van der Waals surface area contributed by atoms with Gasteiger partial charge >= 0.3 is 0 Å². The Labute approximate surface area is 136 Å². The standard InChI is InChI=1S/C20H32O2/c1-6-18-10-12-19(13-11-18)21-16-14-17(3)9-8-15-20(4,5)22-7-2/h10-14H,6-9,15-16H2,1-5H3. The monoisotopic (exact) mass is 304 g/mol. The molecule has 0 heterocycles. The van der Waals surface area contributed by atoms with Gasteiger partial charge in [-0.15, -0.1) is 0 Å². The highest BCUT2D eigenvalue weighted by Crippen LogP contribution is 2.19. The van der Waals surface area contributed by atoms with Gasteiger partial charge < -0.3 is 9.47 Å². The third kappa shape index (κ3) is 7.65. The normalized spacial score (nSPS) is 12.5. The fourth-order valence-corrected chi connectivity index (χ4v) is 2.46. The highest BCUT2D eigenvalue weighted by atomic mass is 16.5. The summed E-state index contributed by atoms with van der Waals surface area (Å²) >= 11 is 0. The first-order valence-corrected chi connectivity index (χ1v) is 8.48. The van der Waals surface area contributed by atoms with Gasteiger partial charge in [-0.1, -0.05) is 24.6 Å². The largest absolute Gasteiger partial charge is 0.490 e. The third-order valence-electron chi connectivity index (χ3n) is 3.90. The van der Waals surface area contributed by atoms with E-state index in [-0.39, 0.29) is 5.60 Å². The molecule has 2 heteroatoms. The van der Waals surface area contributed by atoms with Crippen LogP contribution in [0.2, 0.25) is 0 Å². The van der Waals surface area contributed by atoms with Crippen LogP contribution in [0.4, 0.5) is 0 Å². The Morgan fingerprint density at radius 2 is 1.82 bits per heavy atom. The van der Waals surface area contributed by atoms with Gasteiger partial charge in [-0.05, 0) is 77.2 Å². The summed E-state index contributed by atoms with van der Waals surface area (Å²) in [5, 5.41) is 0. The lowest BCUT2D eigenvalue weighted by Gasteiger charge is -2.24. The van der Waals surface area contributed by atoms with Crippen molar-refractivity contribution in [3.05, 3.63) is 41.5 Å². The van der Waals surface area contributed by atoms with Crippen LogP contribution in [0.25, 0.3) is 0 Å². The Morgan fingerprint density at radius 3 is 2.41 bits per heavy atom. The molecule has 1 aromatic rings. The molecule has 2 nitrogen and oxygen atoms in total. The topological polar surface area (TPSA) is 18.5 Å². The van der Waals surface area contributed by atoms with Crippen molar-refractivity contribution in [2.45, 2.75) is 65.9 Å². The maximum absolute atomic E-state index is 5.76. The summed E-state index contributed by atoms with van der Waals surface area (Å²) in [6.45, 7) is 12.2. The van der Waals surface area contributed by atoms with E-state index < -0.39 is 0 Å². The number of aryl methyl sites for hydroxylation is 1. The highest BCUT2D eigenvalue weighted by Gasteiger charge is 2.16. The van der Waals surface area contributed by atoms with Gasteiger partial charge in [-0.25, -0.2) is 0 Å². The van der Waals surface area contributed by atoms with Gasteiger partial charge in [0, 0.05) is 6.61 Å². The lowest BCUT2D eigenvalue weighted by Crippen LogP contribution is -2.24. The second kappa shape index (κ2) is 9.68. The van der Waals surface area contributed by atoms with Crippen molar-refractivity contribution in [3.63, 3.8) is 0 Å². The van der Waals surface area contributed by atoms with E-state index in [1.165, 1.54) is 11.1 Å². The van der Waals surface area contributed by atoms with Crippen molar-refractivity contribution >= 4 is 0 Å². The number of hydrogen-bond donors (Lipinski definition) is 0. The molecule has 0 aliphatic heterocycles. The van der Waals surface area contributed by atoms with Crippen LogP contribution in [-0.4, -0.2) is 18.8 Å². The summed E-state index contributed by atoms with van der Waals surface area (Å²) in [6, 6.07) is 8.35. The van der Waals surface area contributed by atoms with Gasteiger partial charge in [-0.3, -0.25) is 0 Å². The van der Waals surface area contributed by atoms with E-state index in [1.807, 2.05) is 12.1 Å². The second-order valence-corrected chi connectivity index (χ2v) is 6.41. The Hall–Kier alpha value is -1.28. The fourth-order valence-electron chi connectivity index (χ4n) is 2.46. The molecule has 0 aliphatic rings. The summed E-state index contributed by atoms with van der Waals surface area (Å²) in [5.41, 5.74) is 2.72. The SMILES string of the molecule is CCOC(C)(C)CCCC(C)=CCOc1ccc(CC)cc1. The zero-order valence-electron chi connectivity index (χ0n) is 14.9. The number of ether oxygens (including phenoxy) is 2. The maximum atomic E-state index is 5.76. The van der Waals surface area contributed by atoms with Gasteiger partial charge in [-0.2, -0.15) is 0 Å². The van der Waals surface area contributed by atoms with Crippen molar-refractivity contribution in [1.82, 2.24) is 0 Å². The molecule has 0 amide bonds. The van der Waals surface area contributed by atoms with Crippen LogP contribution in [-0.2, 0) is 11.2 Å². The average Bonchev–Trinajstić information content (AvgIpc) is 2.47. The van der Waals surface area contributed by atoms with E-state index in [0.29, 0.717) is 6.61 Å². The van der Waals surface area contributed by atoms with Crippen LogP contribution in [0.5, 0.6) is 5.75 Å². The van der Waals surface area contributed by atoms with E-state index in [2.05, 4.69) is 52.8 Å². The van der Waals surface area contributed by atoms with Gasteiger partial charge in [0.2, 0.25) is 0 Å². The quantitative estimate of drug-likeness (QED) is 0.527. The molecule has 0 N–H and O–H groups in total. The lowest BCUT2D eigenvalue weighted by molar-refractivity contribution is -0.0173. The van der Waals surface area contributed by atoms with E-state index in [1.54, 1.807) is 0 Å². The van der Waals surface area contributed by atoms with Crippen LogP contribution in [0.3, 0.4) is 0 Å². The zero-order chi connectivity index (χ0) is 16.4. The average molecular weight is 304 g/mol. The Morgan fingerprint density at radius 1 is 1.14 bits per heavy atom. The zero-order valence-corrected chi connectivity index (χ0v) is 14.9. The molecule has 1 rings (SSSR count). The molecule has 0 fully saturated rings. The molecular formula is C20H32O2. The van der Waals surface area contributed by atoms with Gasteiger partial charge in [0.25, 0.3) is 0 Å². The van der Waals surface area contributed by atoms with E-state index >= 15 is 0 Å². The summed E-state index contributed by atoms with van der Waals surface area (Å²) in [6.07, 6.45) is 6.60. The smallest absolute Gasteiger partial charge is 0.119 e. The number of hydrogen-bond acceptors (Lipinski definition) is 2. The molecule has 0 bridgehead atoms. The Balaban J connectivity index is 2.27. The minimum Gasteiger partial charge on any atom is -0.490 e. The Kier molecular flexibility index (Phi) is 8.26. The van der Waals surface area contributed by atoms with Crippen molar-refractivity contribution in [1.29, 1.82) is 0 Å². The summed E-state index contributed by atoms with van der Waals surface area (Å²) in [4.78, 5) is 0. The molecule has 0 spiro atoms. The second-order valence-electron chi connectivity index (χ2n) is 6.41. The van der Waals surface area contributed by atoms with Gasteiger partial charge in [0.05, 0.1) is 5.60 Å². The molecule has 0 unspecified atom stereocenters. The van der Waals surface area contributed by atoms with Gasteiger partial charge in [0.1, 0.15) is 12.4 Å². The maximum Gasteiger partial charge on any atom is 0.119 e. The van der Waals surface area contributed by atoms with Crippen LogP contribution in [0.15, 0.2) is 35.9 Å². The van der Waals surface area contributed by atoms with E-state index in [9.17, 15) is 0 Å². The van der Waals surface area contributed by atoms with E-state index in [0.717, 1.165) is 38.0 Å². The van der Waals surface area contributed by atoms with Crippen molar-refractivity contribution in [3.8, 4) is 5.75 Å². The fraction of sp³-hybridized carbons (Fsp3) is 0.600. The summed E-state index contributed by atoms with van der Waals surface area (Å²) < 4.78 is 11.5. The first kappa shape index (κ1) is 18.8. The van der Waals surface area contributed by atoms with Crippen molar-refractivity contribution in [2.24, 2.45) is 0 Å². The molecule has 0 saturated carbocycles. The van der Waals surface area contributed by atoms with E-state index in [4.69, 9.17) is 9.47 Å². The molecule has 0 radical (unpaired) electrons. The molecule has 22 heavy (non-hydrogen) atoms. The van der Waals surface area contributed by atoms with Gasteiger partial charge in [0.15, 0.2) is 0 Å². The summed E-state index contributed by atoms with van der Waals surface area (Å²) in [5.74, 6) is 0.943. The Bertz CT molecular complexity index is 443. The van der Waals surface area contributed by atoms with Crippen molar-refractivity contribution in [2.75, 3.05) is 13.2 Å². The number of benzene rings is 1. The van der Waals surface area contributed by atoms with Crippen LogP contribution in [0, 0.1) is 0 Å². The molecule has 0 aromatic heterocycles. The van der Waals surface area contributed by atoms with Crippen LogP contribution < -0.4 is 4.74 Å². The minimum atomic E-state index is -0.00739. The lowest BCUT2D eigenvalue weighted by atomic mass is 9.99. The molecule has 0 atom stereocenters. The van der Waals surface area contributed by atoms with Crippen molar-refractivity contribution < 1.29 is 9.47 Å². The molecular weight excluding hydrogens is 272 g/mol. The third-order valence-corrected chi connectivity index (χ3v) is 3.90. The molecule has 0 saturated heterocycles. The molecule has 1 aromatic carbocycles. The first-order valence-electron chi connectivity index (χ1n) is 8.48. The number of rotatable bonds is 10.